The van der Waals surface area contributed by atoms with Gasteiger partial charge in [0.1, 0.15) is 11.9 Å². The Bertz CT molecular complexity index is 760. The van der Waals surface area contributed by atoms with E-state index in [1.54, 1.807) is 25.1 Å². The van der Waals surface area contributed by atoms with Crippen LogP contribution in [-0.2, 0) is 22.6 Å². The van der Waals surface area contributed by atoms with Gasteiger partial charge in [0.2, 0.25) is 11.8 Å². The summed E-state index contributed by atoms with van der Waals surface area (Å²) < 4.78 is 13.2. The fourth-order valence-corrected chi connectivity index (χ4v) is 2.73. The molecule has 2 amide bonds. The molecule has 1 N–H and O–H groups in total. The van der Waals surface area contributed by atoms with Gasteiger partial charge in [-0.1, -0.05) is 48.5 Å². The predicted octanol–water partition coefficient (Wildman–Crippen LogP) is 3.48. The van der Waals surface area contributed by atoms with Crippen molar-refractivity contribution < 1.29 is 14.0 Å². The normalized spacial score (nSPS) is 11.5. The molecule has 2 aromatic rings. The van der Waals surface area contributed by atoms with Crippen molar-refractivity contribution in [1.29, 1.82) is 0 Å². The minimum Gasteiger partial charge on any atom is -0.351 e. The maximum Gasteiger partial charge on any atom is 0.242 e. The summed E-state index contributed by atoms with van der Waals surface area (Å²) in [4.78, 5) is 26.7. The van der Waals surface area contributed by atoms with Crippen LogP contribution >= 0.6 is 0 Å². The van der Waals surface area contributed by atoms with Gasteiger partial charge in [-0.05, 0) is 36.6 Å². The summed E-state index contributed by atoms with van der Waals surface area (Å²) in [6, 6.07) is 15.0. The first-order chi connectivity index (χ1) is 13.0. The van der Waals surface area contributed by atoms with Gasteiger partial charge in [-0.3, -0.25) is 9.59 Å². The summed E-state index contributed by atoms with van der Waals surface area (Å²) in [6.07, 6.45) is 2.48. The molecule has 0 saturated carbocycles. The van der Waals surface area contributed by atoms with Crippen molar-refractivity contribution in [3.8, 4) is 0 Å². The number of benzene rings is 2. The van der Waals surface area contributed by atoms with E-state index in [4.69, 9.17) is 0 Å². The molecule has 0 aliphatic heterocycles. The van der Waals surface area contributed by atoms with Crippen LogP contribution < -0.4 is 5.32 Å². The number of hydrogen-bond acceptors (Lipinski definition) is 2. The maximum absolute atomic E-state index is 13.2. The van der Waals surface area contributed by atoms with E-state index in [0.29, 0.717) is 19.4 Å². The standard InChI is InChI=1S/C22H25FN2O2/c1-3-15-24-22(27)17(2)25(16-19-9-12-20(23)13-10-19)21(26)14-11-18-7-5-4-6-8-18/h3-10,12-13,17H,1,11,14-16H2,2H3,(H,24,27). The second kappa shape index (κ2) is 10.3. The summed E-state index contributed by atoms with van der Waals surface area (Å²) in [5.41, 5.74) is 1.84. The number of nitrogens with one attached hydrogen (secondary N) is 1. The summed E-state index contributed by atoms with van der Waals surface area (Å²) in [7, 11) is 0. The maximum atomic E-state index is 13.2. The number of rotatable bonds is 9. The highest BCUT2D eigenvalue weighted by molar-refractivity contribution is 5.87. The lowest BCUT2D eigenvalue weighted by atomic mass is 10.1. The molecule has 2 aromatic carbocycles. The van der Waals surface area contributed by atoms with Gasteiger partial charge in [-0.25, -0.2) is 4.39 Å². The van der Waals surface area contributed by atoms with E-state index < -0.39 is 6.04 Å². The van der Waals surface area contributed by atoms with E-state index in [2.05, 4.69) is 11.9 Å². The summed E-state index contributed by atoms with van der Waals surface area (Å²) in [5.74, 6) is -0.702. The molecule has 0 aliphatic carbocycles. The minimum absolute atomic E-state index is 0.121. The van der Waals surface area contributed by atoms with Crippen molar-refractivity contribution >= 4 is 11.8 Å². The molecule has 5 heteroatoms. The molecule has 0 spiro atoms. The molecule has 0 aromatic heterocycles. The molecular formula is C22H25FN2O2. The largest absolute Gasteiger partial charge is 0.351 e. The predicted molar refractivity (Wildman–Crippen MR) is 104 cm³/mol. The Balaban J connectivity index is 2.11. The highest BCUT2D eigenvalue weighted by Crippen LogP contribution is 2.13. The van der Waals surface area contributed by atoms with Crippen molar-refractivity contribution in [2.45, 2.75) is 32.4 Å². The van der Waals surface area contributed by atoms with Crippen LogP contribution in [0.15, 0.2) is 67.3 Å². The number of carbonyl (C=O) groups excluding carboxylic acids is 2. The number of nitrogens with zero attached hydrogens (tertiary/aromatic N) is 1. The highest BCUT2D eigenvalue weighted by Gasteiger charge is 2.25. The van der Waals surface area contributed by atoms with Crippen molar-refractivity contribution in [1.82, 2.24) is 10.2 Å². The van der Waals surface area contributed by atoms with Crippen molar-refractivity contribution in [2.24, 2.45) is 0 Å². The Kier molecular flexibility index (Phi) is 7.74. The molecule has 1 unspecified atom stereocenters. The Hall–Kier alpha value is -2.95. The van der Waals surface area contributed by atoms with Gasteiger partial charge < -0.3 is 10.2 Å². The van der Waals surface area contributed by atoms with Crippen LogP contribution in [0.5, 0.6) is 0 Å². The first-order valence-electron chi connectivity index (χ1n) is 8.97. The number of halogens is 1. The molecule has 2 rings (SSSR count). The summed E-state index contributed by atoms with van der Waals surface area (Å²) in [6.45, 7) is 5.86. The van der Waals surface area contributed by atoms with Gasteiger partial charge in [0, 0.05) is 19.5 Å². The lowest BCUT2D eigenvalue weighted by Gasteiger charge is -2.29. The third kappa shape index (κ3) is 6.37. The first-order valence-corrected chi connectivity index (χ1v) is 8.97. The van der Waals surface area contributed by atoms with Crippen molar-refractivity contribution in [3.05, 3.63) is 84.2 Å². The Morgan fingerprint density at radius 1 is 1.11 bits per heavy atom. The molecule has 0 aliphatic rings. The molecule has 142 valence electrons. The van der Waals surface area contributed by atoms with Crippen LogP contribution in [0, 0.1) is 5.82 Å². The van der Waals surface area contributed by atoms with Crippen LogP contribution in [-0.4, -0.2) is 29.3 Å². The molecular weight excluding hydrogens is 343 g/mol. The third-order valence-electron chi connectivity index (χ3n) is 4.32. The van der Waals surface area contributed by atoms with E-state index in [9.17, 15) is 14.0 Å². The van der Waals surface area contributed by atoms with Crippen LogP contribution in [0.4, 0.5) is 4.39 Å². The van der Waals surface area contributed by atoms with E-state index in [-0.39, 0.29) is 24.2 Å². The monoisotopic (exact) mass is 368 g/mol. The fourth-order valence-electron chi connectivity index (χ4n) is 2.73. The molecule has 0 heterocycles. The van der Waals surface area contributed by atoms with E-state index in [1.165, 1.54) is 17.0 Å². The van der Waals surface area contributed by atoms with Crippen LogP contribution in [0.3, 0.4) is 0 Å². The Morgan fingerprint density at radius 3 is 2.41 bits per heavy atom. The molecule has 0 radical (unpaired) electrons. The van der Waals surface area contributed by atoms with Gasteiger partial charge in [0.05, 0.1) is 0 Å². The van der Waals surface area contributed by atoms with Crippen molar-refractivity contribution in [3.63, 3.8) is 0 Å². The van der Waals surface area contributed by atoms with Gasteiger partial charge in [-0.2, -0.15) is 0 Å². The molecule has 0 fully saturated rings. The SMILES string of the molecule is C=CCNC(=O)C(C)N(Cc1ccc(F)cc1)C(=O)CCc1ccccc1. The van der Waals surface area contributed by atoms with Gasteiger partial charge in [0.25, 0.3) is 0 Å². The van der Waals surface area contributed by atoms with Gasteiger partial charge >= 0.3 is 0 Å². The second-order valence-corrected chi connectivity index (χ2v) is 6.34. The minimum atomic E-state index is -0.640. The lowest BCUT2D eigenvalue weighted by molar-refractivity contribution is -0.140. The molecule has 0 bridgehead atoms. The zero-order valence-corrected chi connectivity index (χ0v) is 15.5. The van der Waals surface area contributed by atoms with Gasteiger partial charge in [-0.15, -0.1) is 6.58 Å². The van der Waals surface area contributed by atoms with E-state index in [0.717, 1.165) is 11.1 Å². The number of aryl methyl sites for hydroxylation is 1. The Morgan fingerprint density at radius 2 is 1.78 bits per heavy atom. The van der Waals surface area contributed by atoms with Crippen molar-refractivity contribution in [2.75, 3.05) is 6.54 Å². The van der Waals surface area contributed by atoms with E-state index in [1.807, 2.05) is 30.3 Å². The number of amides is 2. The molecule has 0 saturated heterocycles. The summed E-state index contributed by atoms with van der Waals surface area (Å²) >= 11 is 0. The summed E-state index contributed by atoms with van der Waals surface area (Å²) in [5, 5.41) is 2.73. The molecule has 4 nitrogen and oxygen atoms in total. The molecule has 27 heavy (non-hydrogen) atoms. The zero-order chi connectivity index (χ0) is 19.6. The smallest absolute Gasteiger partial charge is 0.242 e. The highest BCUT2D eigenvalue weighted by atomic mass is 19.1. The second-order valence-electron chi connectivity index (χ2n) is 6.34. The average Bonchev–Trinajstić information content (AvgIpc) is 2.70. The number of carbonyl (C=O) groups is 2. The van der Waals surface area contributed by atoms with Crippen LogP contribution in [0.25, 0.3) is 0 Å². The number of hydrogen-bond donors (Lipinski definition) is 1. The topological polar surface area (TPSA) is 49.4 Å². The van der Waals surface area contributed by atoms with Gasteiger partial charge in [0.15, 0.2) is 0 Å². The first kappa shape index (κ1) is 20.4. The van der Waals surface area contributed by atoms with Crippen LogP contribution in [0.2, 0.25) is 0 Å². The third-order valence-corrected chi connectivity index (χ3v) is 4.32. The van der Waals surface area contributed by atoms with Crippen LogP contribution in [0.1, 0.15) is 24.5 Å². The Labute approximate surface area is 159 Å². The molecule has 1 atom stereocenters. The fraction of sp³-hybridized carbons (Fsp3) is 0.273. The average molecular weight is 368 g/mol. The van der Waals surface area contributed by atoms with E-state index >= 15 is 0 Å². The lowest BCUT2D eigenvalue weighted by Crippen LogP contribution is -2.47. The quantitative estimate of drug-likeness (QED) is 0.689. The zero-order valence-electron chi connectivity index (χ0n) is 15.5.